The number of hydrogen-bond acceptors (Lipinski definition) is 6. The Kier molecular flexibility index (Phi) is 2.13. The third-order valence-electron chi connectivity index (χ3n) is 1.73. The van der Waals surface area contributed by atoms with E-state index in [2.05, 4.69) is 20.4 Å². The second kappa shape index (κ2) is 3.45. The van der Waals surface area contributed by atoms with E-state index in [1.165, 1.54) is 0 Å². The van der Waals surface area contributed by atoms with Crippen LogP contribution in [-0.4, -0.2) is 19.7 Å². The molecule has 0 aromatic carbocycles. The lowest BCUT2D eigenvalue weighted by Gasteiger charge is -2.03. The van der Waals surface area contributed by atoms with Gasteiger partial charge in [-0.25, -0.2) is 0 Å². The first-order chi connectivity index (χ1) is 7.13. The molecule has 0 saturated heterocycles. The van der Waals surface area contributed by atoms with Crippen LogP contribution in [0.1, 0.15) is 0 Å². The molecule has 0 fully saturated rings. The van der Waals surface area contributed by atoms with E-state index in [4.69, 9.17) is 11.5 Å². The fourth-order valence-electron chi connectivity index (χ4n) is 1.16. The number of nitrogen functional groups attached to an aromatic ring is 2. The molecule has 2 rings (SSSR count). The van der Waals surface area contributed by atoms with E-state index in [0.717, 1.165) is 0 Å². The molecule has 0 spiro atoms. The largest absolute Gasteiger partial charge is 0.383 e. The van der Waals surface area contributed by atoms with E-state index in [1.807, 2.05) is 19.3 Å². The van der Waals surface area contributed by atoms with Crippen molar-refractivity contribution in [1.29, 1.82) is 0 Å². The molecule has 0 unspecified atom stereocenters. The van der Waals surface area contributed by atoms with Gasteiger partial charge in [0.25, 0.3) is 0 Å². The van der Waals surface area contributed by atoms with E-state index < -0.39 is 0 Å². The maximum atomic E-state index is 5.52. The van der Waals surface area contributed by atoms with Crippen molar-refractivity contribution < 1.29 is 0 Å². The average Bonchev–Trinajstić information content (AvgIpc) is 2.49. The Bertz CT molecular complexity index is 455. The van der Waals surface area contributed by atoms with Crippen molar-refractivity contribution in [2.24, 2.45) is 7.05 Å². The third kappa shape index (κ3) is 2.13. The van der Waals surface area contributed by atoms with E-state index in [0.29, 0.717) is 17.5 Å². The topological polar surface area (TPSA) is 108 Å². The highest BCUT2D eigenvalue weighted by Gasteiger charge is 2.01. The van der Waals surface area contributed by atoms with Crippen LogP contribution in [0.4, 0.5) is 23.4 Å². The van der Waals surface area contributed by atoms with Gasteiger partial charge in [-0.2, -0.15) is 15.1 Å². The fraction of sp³-hybridized carbons (Fsp3) is 0.125. The molecular weight excluding hydrogens is 194 g/mol. The summed E-state index contributed by atoms with van der Waals surface area (Å²) in [5, 5.41) is 7.09. The van der Waals surface area contributed by atoms with Gasteiger partial charge < -0.3 is 16.8 Å². The molecule has 0 atom stereocenters. The Morgan fingerprint density at radius 1 is 1.27 bits per heavy atom. The number of nitrogens with zero attached hydrogens (tertiary/aromatic N) is 4. The standard InChI is InChI=1S/C8H11N7/c1-15-3-2-6(14-15)12-7-4-5(9)11-8(10)13-7/h2-4H,1H3,(H5,9,10,11,12,13,14). The quantitative estimate of drug-likeness (QED) is 0.642. The number of nitrogens with one attached hydrogen (secondary N) is 1. The summed E-state index contributed by atoms with van der Waals surface area (Å²) in [7, 11) is 1.83. The summed E-state index contributed by atoms with van der Waals surface area (Å²) in [4.78, 5) is 7.72. The second-order valence-corrected chi connectivity index (χ2v) is 3.04. The lowest BCUT2D eigenvalue weighted by atomic mass is 10.5. The lowest BCUT2D eigenvalue weighted by Crippen LogP contribution is -2.03. The first-order valence-electron chi connectivity index (χ1n) is 4.30. The maximum Gasteiger partial charge on any atom is 0.223 e. The van der Waals surface area contributed by atoms with Crippen molar-refractivity contribution in [3.8, 4) is 0 Å². The number of nitrogens with two attached hydrogens (primary N) is 2. The summed E-state index contributed by atoms with van der Waals surface area (Å²) in [6.45, 7) is 0. The van der Waals surface area contributed by atoms with E-state index >= 15 is 0 Å². The monoisotopic (exact) mass is 205 g/mol. The molecule has 78 valence electrons. The zero-order valence-electron chi connectivity index (χ0n) is 8.18. The van der Waals surface area contributed by atoms with E-state index in [9.17, 15) is 0 Å². The van der Waals surface area contributed by atoms with Gasteiger partial charge >= 0.3 is 0 Å². The van der Waals surface area contributed by atoms with Gasteiger partial charge in [-0.1, -0.05) is 0 Å². The molecule has 0 aliphatic rings. The number of anilines is 4. The molecule has 2 aromatic rings. The first kappa shape index (κ1) is 9.25. The summed E-state index contributed by atoms with van der Waals surface area (Å²) in [6, 6.07) is 3.40. The van der Waals surface area contributed by atoms with Crippen molar-refractivity contribution in [3.63, 3.8) is 0 Å². The van der Waals surface area contributed by atoms with Crippen molar-refractivity contribution >= 4 is 23.4 Å². The smallest absolute Gasteiger partial charge is 0.223 e. The summed E-state index contributed by atoms with van der Waals surface area (Å²) < 4.78 is 1.68. The molecule has 15 heavy (non-hydrogen) atoms. The SMILES string of the molecule is Cn1ccc(Nc2cc(N)nc(N)n2)n1. The minimum absolute atomic E-state index is 0.133. The van der Waals surface area contributed by atoms with Crippen LogP contribution in [0.25, 0.3) is 0 Å². The minimum Gasteiger partial charge on any atom is -0.383 e. The van der Waals surface area contributed by atoms with Crippen LogP contribution < -0.4 is 16.8 Å². The van der Waals surface area contributed by atoms with Crippen LogP contribution in [-0.2, 0) is 7.05 Å². The summed E-state index contributed by atoms with van der Waals surface area (Å²) in [5.41, 5.74) is 11.0. The Morgan fingerprint density at radius 2 is 2.07 bits per heavy atom. The average molecular weight is 205 g/mol. The number of aryl methyl sites for hydroxylation is 1. The van der Waals surface area contributed by atoms with Gasteiger partial charge in [0.15, 0.2) is 5.82 Å². The van der Waals surface area contributed by atoms with Gasteiger partial charge in [-0.05, 0) is 0 Å². The number of aromatic nitrogens is 4. The summed E-state index contributed by atoms with van der Waals surface area (Å²) in [5.74, 6) is 1.66. The Morgan fingerprint density at radius 3 is 2.67 bits per heavy atom. The van der Waals surface area contributed by atoms with Crippen molar-refractivity contribution in [3.05, 3.63) is 18.3 Å². The molecule has 5 N–H and O–H groups in total. The maximum absolute atomic E-state index is 5.52. The van der Waals surface area contributed by atoms with Crippen LogP contribution in [0.3, 0.4) is 0 Å². The normalized spacial score (nSPS) is 10.2. The molecule has 0 bridgehead atoms. The van der Waals surface area contributed by atoms with Gasteiger partial charge in [0.1, 0.15) is 11.6 Å². The van der Waals surface area contributed by atoms with Gasteiger partial charge in [0.2, 0.25) is 5.95 Å². The van der Waals surface area contributed by atoms with Gasteiger partial charge in [-0.15, -0.1) is 0 Å². The molecule has 7 heteroatoms. The molecule has 0 aliphatic heterocycles. The number of rotatable bonds is 2. The molecule has 2 heterocycles. The Balaban J connectivity index is 2.24. The highest BCUT2D eigenvalue weighted by molar-refractivity contribution is 5.56. The lowest BCUT2D eigenvalue weighted by molar-refractivity contribution is 0.771. The highest BCUT2D eigenvalue weighted by atomic mass is 15.3. The van der Waals surface area contributed by atoms with Crippen LogP contribution in [0.5, 0.6) is 0 Å². The van der Waals surface area contributed by atoms with Crippen molar-refractivity contribution in [2.75, 3.05) is 16.8 Å². The van der Waals surface area contributed by atoms with Gasteiger partial charge in [0.05, 0.1) is 0 Å². The van der Waals surface area contributed by atoms with E-state index in [1.54, 1.807) is 10.7 Å². The van der Waals surface area contributed by atoms with E-state index in [-0.39, 0.29) is 5.95 Å². The Labute approximate surface area is 86.1 Å². The Hall–Kier alpha value is -2.31. The molecular formula is C8H11N7. The van der Waals surface area contributed by atoms with Crippen LogP contribution >= 0.6 is 0 Å². The molecule has 0 radical (unpaired) electrons. The predicted octanol–water partition coefficient (Wildman–Crippen LogP) is 0.118. The zero-order chi connectivity index (χ0) is 10.8. The predicted molar refractivity (Wildman–Crippen MR) is 57.3 cm³/mol. The van der Waals surface area contributed by atoms with Gasteiger partial charge in [0, 0.05) is 25.4 Å². The fourth-order valence-corrected chi connectivity index (χ4v) is 1.16. The second-order valence-electron chi connectivity index (χ2n) is 3.04. The van der Waals surface area contributed by atoms with Crippen molar-refractivity contribution in [1.82, 2.24) is 19.7 Å². The van der Waals surface area contributed by atoms with Gasteiger partial charge in [-0.3, -0.25) is 4.68 Å². The third-order valence-corrected chi connectivity index (χ3v) is 1.73. The summed E-state index contributed by atoms with van der Waals surface area (Å²) in [6.07, 6.45) is 1.82. The minimum atomic E-state index is 0.133. The molecule has 2 aromatic heterocycles. The van der Waals surface area contributed by atoms with Crippen LogP contribution in [0.2, 0.25) is 0 Å². The molecule has 7 nitrogen and oxygen atoms in total. The molecule has 0 saturated carbocycles. The van der Waals surface area contributed by atoms with Crippen LogP contribution in [0.15, 0.2) is 18.3 Å². The molecule has 0 aliphatic carbocycles. The zero-order valence-corrected chi connectivity index (χ0v) is 8.18. The molecule has 0 amide bonds. The van der Waals surface area contributed by atoms with Crippen LogP contribution in [0, 0.1) is 0 Å². The number of hydrogen-bond donors (Lipinski definition) is 3. The highest BCUT2D eigenvalue weighted by Crippen LogP contribution is 2.14. The van der Waals surface area contributed by atoms with Crippen molar-refractivity contribution in [2.45, 2.75) is 0 Å². The summed E-state index contributed by atoms with van der Waals surface area (Å²) >= 11 is 0. The first-order valence-corrected chi connectivity index (χ1v) is 4.30.